The maximum absolute atomic E-state index is 13.0. The van der Waals surface area contributed by atoms with Crippen LogP contribution in [0.5, 0.6) is 5.75 Å². The Hall–Kier alpha value is -2.11. The highest BCUT2D eigenvalue weighted by Crippen LogP contribution is 2.39. The minimum absolute atomic E-state index is 0.240. The average molecular weight is 257 g/mol. The van der Waals surface area contributed by atoms with Gasteiger partial charge in [-0.15, -0.1) is 0 Å². The minimum atomic E-state index is -4.60. The first-order valence-electron chi connectivity index (χ1n) is 4.89. The van der Waals surface area contributed by atoms with E-state index in [2.05, 4.69) is 4.98 Å². The highest BCUT2D eigenvalue weighted by atomic mass is 19.4. The third-order valence-electron chi connectivity index (χ3n) is 2.38. The number of benzene rings is 1. The van der Waals surface area contributed by atoms with Crippen LogP contribution in [-0.2, 0) is 6.18 Å². The molecule has 0 radical (unpaired) electrons. The first-order valence-corrected chi connectivity index (χ1v) is 4.89. The smallest absolute Gasteiger partial charge is 0.417 e. The molecule has 1 aromatic heterocycles. The first-order chi connectivity index (χ1) is 8.39. The zero-order valence-electron chi connectivity index (χ0n) is 8.87. The summed E-state index contributed by atoms with van der Waals surface area (Å²) >= 11 is 0. The number of halogens is 4. The van der Waals surface area contributed by atoms with E-state index < -0.39 is 23.3 Å². The Kier molecular flexibility index (Phi) is 2.94. The van der Waals surface area contributed by atoms with Gasteiger partial charge in [0.2, 0.25) is 0 Å². The van der Waals surface area contributed by atoms with Gasteiger partial charge in [0.15, 0.2) is 0 Å². The lowest BCUT2D eigenvalue weighted by Crippen LogP contribution is -2.07. The normalized spacial score (nSPS) is 11.6. The summed E-state index contributed by atoms with van der Waals surface area (Å²) in [6.45, 7) is 0. The molecule has 0 aliphatic rings. The third kappa shape index (κ3) is 2.27. The van der Waals surface area contributed by atoms with E-state index in [4.69, 9.17) is 0 Å². The highest BCUT2D eigenvalue weighted by molar-refractivity contribution is 5.72. The van der Waals surface area contributed by atoms with E-state index in [0.29, 0.717) is 0 Å². The van der Waals surface area contributed by atoms with E-state index in [1.807, 2.05) is 0 Å². The lowest BCUT2D eigenvalue weighted by molar-refractivity contribution is -0.137. The van der Waals surface area contributed by atoms with Crippen LogP contribution in [0.2, 0.25) is 0 Å². The van der Waals surface area contributed by atoms with Crippen molar-refractivity contribution in [3.63, 3.8) is 0 Å². The van der Waals surface area contributed by atoms with Gasteiger partial charge in [0.05, 0.1) is 5.56 Å². The van der Waals surface area contributed by atoms with Crippen molar-refractivity contribution in [1.29, 1.82) is 0 Å². The number of pyridine rings is 1. The molecular formula is C12H7F4NO. The third-order valence-corrected chi connectivity index (χ3v) is 2.38. The summed E-state index contributed by atoms with van der Waals surface area (Å²) in [6.07, 6.45) is -2.67. The summed E-state index contributed by atoms with van der Waals surface area (Å²) in [5.74, 6) is -1.17. The molecule has 94 valence electrons. The van der Waals surface area contributed by atoms with E-state index in [9.17, 15) is 22.7 Å². The molecule has 6 heteroatoms. The second-order valence-electron chi connectivity index (χ2n) is 3.58. The van der Waals surface area contributed by atoms with Crippen LogP contribution < -0.4 is 0 Å². The monoisotopic (exact) mass is 257 g/mol. The van der Waals surface area contributed by atoms with E-state index in [1.54, 1.807) is 0 Å². The van der Waals surface area contributed by atoms with Crippen molar-refractivity contribution in [3.05, 3.63) is 48.0 Å². The van der Waals surface area contributed by atoms with Gasteiger partial charge in [-0.25, -0.2) is 4.39 Å². The van der Waals surface area contributed by atoms with Crippen molar-refractivity contribution in [2.45, 2.75) is 6.18 Å². The predicted molar refractivity (Wildman–Crippen MR) is 56.3 cm³/mol. The lowest BCUT2D eigenvalue weighted by Gasteiger charge is -2.13. The maximum atomic E-state index is 13.0. The molecule has 2 rings (SSSR count). The number of nitrogens with zero attached hydrogens (tertiary/aromatic N) is 1. The summed E-state index contributed by atoms with van der Waals surface area (Å²) in [5, 5.41) is 9.52. The number of phenolic OH excluding ortho intramolecular Hbond substituents is 1. The van der Waals surface area contributed by atoms with Gasteiger partial charge in [0, 0.05) is 23.5 Å². The van der Waals surface area contributed by atoms with Gasteiger partial charge in [-0.05, 0) is 24.3 Å². The first kappa shape index (κ1) is 12.3. The zero-order chi connectivity index (χ0) is 13.3. The maximum Gasteiger partial charge on any atom is 0.417 e. The summed E-state index contributed by atoms with van der Waals surface area (Å²) in [4.78, 5) is 3.57. The lowest BCUT2D eigenvalue weighted by atomic mass is 10.0. The Morgan fingerprint density at radius 2 is 1.78 bits per heavy atom. The van der Waals surface area contributed by atoms with E-state index in [-0.39, 0.29) is 11.1 Å². The second-order valence-corrected chi connectivity index (χ2v) is 3.58. The fourth-order valence-corrected chi connectivity index (χ4v) is 1.58. The molecular weight excluding hydrogens is 250 g/mol. The van der Waals surface area contributed by atoms with Crippen molar-refractivity contribution >= 4 is 0 Å². The molecule has 0 saturated heterocycles. The molecule has 1 heterocycles. The van der Waals surface area contributed by atoms with Crippen LogP contribution in [0.1, 0.15) is 5.56 Å². The molecule has 0 aliphatic heterocycles. The van der Waals surface area contributed by atoms with Gasteiger partial charge in [-0.3, -0.25) is 4.98 Å². The van der Waals surface area contributed by atoms with Crippen LogP contribution in [0.15, 0.2) is 36.7 Å². The Balaban J connectivity index is 2.68. The largest absolute Gasteiger partial charge is 0.507 e. The molecule has 0 spiro atoms. The van der Waals surface area contributed by atoms with E-state index in [0.717, 1.165) is 36.7 Å². The zero-order valence-corrected chi connectivity index (χ0v) is 8.87. The van der Waals surface area contributed by atoms with Crippen LogP contribution in [0.25, 0.3) is 11.1 Å². The van der Waals surface area contributed by atoms with E-state index >= 15 is 0 Å². The van der Waals surface area contributed by atoms with Gasteiger partial charge in [0.1, 0.15) is 11.6 Å². The van der Waals surface area contributed by atoms with Gasteiger partial charge >= 0.3 is 6.18 Å². The number of hydrogen-bond donors (Lipinski definition) is 1. The topological polar surface area (TPSA) is 33.1 Å². The number of hydrogen-bond acceptors (Lipinski definition) is 2. The summed E-state index contributed by atoms with van der Waals surface area (Å²) in [6, 6.07) is 3.57. The van der Waals surface area contributed by atoms with Crippen molar-refractivity contribution in [2.24, 2.45) is 0 Å². The Labute approximate surface area is 99.5 Å². The van der Waals surface area contributed by atoms with Crippen LogP contribution in [0.4, 0.5) is 17.6 Å². The molecule has 1 aromatic carbocycles. The minimum Gasteiger partial charge on any atom is -0.507 e. The molecule has 1 N–H and O–H groups in total. The van der Waals surface area contributed by atoms with Crippen LogP contribution in [-0.4, -0.2) is 10.1 Å². The standard InChI is InChI=1S/C12H7F4NO/c13-7-1-2-11(18)8(5-7)9-6-17-4-3-10(9)12(14,15)16/h1-6,18H. The number of aromatic hydroxyl groups is 1. The molecule has 0 aliphatic carbocycles. The van der Waals surface area contributed by atoms with Crippen molar-refractivity contribution in [3.8, 4) is 16.9 Å². The molecule has 18 heavy (non-hydrogen) atoms. The number of aromatic nitrogens is 1. The van der Waals surface area contributed by atoms with Gasteiger partial charge in [0.25, 0.3) is 0 Å². The SMILES string of the molecule is Oc1ccc(F)cc1-c1cnccc1C(F)(F)F. The van der Waals surface area contributed by atoms with Crippen molar-refractivity contribution in [1.82, 2.24) is 4.98 Å². The molecule has 2 nitrogen and oxygen atoms in total. The predicted octanol–water partition coefficient (Wildman–Crippen LogP) is 3.61. The summed E-state index contributed by atoms with van der Waals surface area (Å²) in [5.41, 5.74) is -1.57. The fraction of sp³-hybridized carbons (Fsp3) is 0.0833. The second kappa shape index (κ2) is 4.29. The summed E-state index contributed by atoms with van der Waals surface area (Å²) in [7, 11) is 0. The molecule has 0 bridgehead atoms. The number of alkyl halides is 3. The Morgan fingerprint density at radius 1 is 1.06 bits per heavy atom. The quantitative estimate of drug-likeness (QED) is 0.791. The van der Waals surface area contributed by atoms with Crippen molar-refractivity contribution in [2.75, 3.05) is 0 Å². The van der Waals surface area contributed by atoms with E-state index in [1.165, 1.54) is 0 Å². The van der Waals surface area contributed by atoms with Gasteiger partial charge in [-0.1, -0.05) is 0 Å². The Morgan fingerprint density at radius 3 is 2.44 bits per heavy atom. The average Bonchev–Trinajstić information content (AvgIpc) is 2.31. The van der Waals surface area contributed by atoms with Crippen LogP contribution >= 0.6 is 0 Å². The van der Waals surface area contributed by atoms with Gasteiger partial charge < -0.3 is 5.11 Å². The molecule has 0 fully saturated rings. The van der Waals surface area contributed by atoms with Crippen LogP contribution in [0, 0.1) is 5.82 Å². The number of phenols is 1. The molecule has 0 amide bonds. The molecule has 0 atom stereocenters. The highest BCUT2D eigenvalue weighted by Gasteiger charge is 2.34. The molecule has 0 unspecified atom stereocenters. The number of rotatable bonds is 1. The summed E-state index contributed by atoms with van der Waals surface area (Å²) < 4.78 is 51.3. The Bertz CT molecular complexity index is 581. The molecule has 0 saturated carbocycles. The van der Waals surface area contributed by atoms with Gasteiger partial charge in [-0.2, -0.15) is 13.2 Å². The van der Waals surface area contributed by atoms with Crippen molar-refractivity contribution < 1.29 is 22.7 Å². The fourth-order valence-electron chi connectivity index (χ4n) is 1.58. The van der Waals surface area contributed by atoms with Crippen LogP contribution in [0.3, 0.4) is 0 Å². The molecule has 2 aromatic rings.